The van der Waals surface area contributed by atoms with Crippen LogP contribution in [0.2, 0.25) is 0 Å². The van der Waals surface area contributed by atoms with Gasteiger partial charge in [0.2, 0.25) is 5.75 Å². The number of ether oxygens (including phenoxy) is 3. The summed E-state index contributed by atoms with van der Waals surface area (Å²) < 4.78 is 40.7. The number of rotatable bonds is 10. The average molecular weight is 422 g/mol. The summed E-state index contributed by atoms with van der Waals surface area (Å²) in [5.41, 5.74) is 0.820. The molecule has 8 heteroatoms. The van der Waals surface area contributed by atoms with E-state index in [1.165, 1.54) is 12.1 Å². The van der Waals surface area contributed by atoms with Crippen molar-refractivity contribution in [2.45, 2.75) is 32.6 Å². The van der Waals surface area contributed by atoms with Crippen LogP contribution in [0.5, 0.6) is 17.2 Å². The SMILES string of the molecule is CCOc1cc(C(=O)Nc2ccc(S(=O)(=O)CC)cc2)cc(OCC)c1OCC. The third-order valence-electron chi connectivity index (χ3n) is 4.02. The Labute approximate surface area is 171 Å². The van der Waals surface area contributed by atoms with E-state index >= 15 is 0 Å². The molecular formula is C21H27NO6S. The fraction of sp³-hybridized carbons (Fsp3) is 0.381. The van der Waals surface area contributed by atoms with Crippen molar-refractivity contribution in [3.63, 3.8) is 0 Å². The first-order valence-electron chi connectivity index (χ1n) is 9.56. The molecule has 0 atom stereocenters. The summed E-state index contributed by atoms with van der Waals surface area (Å²) in [6, 6.07) is 9.27. The third-order valence-corrected chi connectivity index (χ3v) is 5.77. The average Bonchev–Trinajstić information content (AvgIpc) is 2.71. The van der Waals surface area contributed by atoms with Gasteiger partial charge in [0.25, 0.3) is 5.91 Å². The minimum absolute atomic E-state index is 0.0191. The zero-order valence-electron chi connectivity index (χ0n) is 17.2. The van der Waals surface area contributed by atoms with Crippen LogP contribution in [0, 0.1) is 0 Å². The largest absolute Gasteiger partial charge is 0.490 e. The van der Waals surface area contributed by atoms with Gasteiger partial charge in [0.1, 0.15) is 0 Å². The van der Waals surface area contributed by atoms with E-state index in [0.29, 0.717) is 48.3 Å². The summed E-state index contributed by atoms with van der Waals surface area (Å²) in [5, 5.41) is 2.76. The highest BCUT2D eigenvalue weighted by atomic mass is 32.2. The molecule has 0 aliphatic rings. The molecule has 2 rings (SSSR count). The summed E-state index contributed by atoms with van der Waals surface area (Å²) in [7, 11) is -3.29. The molecule has 0 aromatic heterocycles. The van der Waals surface area contributed by atoms with Crippen molar-refractivity contribution in [2.75, 3.05) is 30.9 Å². The van der Waals surface area contributed by atoms with Crippen LogP contribution < -0.4 is 19.5 Å². The van der Waals surface area contributed by atoms with E-state index in [-0.39, 0.29) is 16.6 Å². The van der Waals surface area contributed by atoms with Crippen LogP contribution in [0.1, 0.15) is 38.1 Å². The highest BCUT2D eigenvalue weighted by molar-refractivity contribution is 7.91. The summed E-state index contributed by atoms with van der Waals surface area (Å²) in [4.78, 5) is 13.0. The van der Waals surface area contributed by atoms with Crippen molar-refractivity contribution in [3.8, 4) is 17.2 Å². The van der Waals surface area contributed by atoms with Crippen molar-refractivity contribution in [1.82, 2.24) is 0 Å². The zero-order chi connectivity index (χ0) is 21.4. The maximum atomic E-state index is 12.8. The standard InChI is InChI=1S/C21H27NO6S/c1-5-26-18-13-15(14-19(27-6-2)20(18)28-7-3)21(23)22-16-9-11-17(12-10-16)29(24,25)8-4/h9-14H,5-8H2,1-4H3,(H,22,23). The molecule has 7 nitrogen and oxygen atoms in total. The van der Waals surface area contributed by atoms with Crippen LogP contribution in [0.3, 0.4) is 0 Å². The minimum atomic E-state index is -3.29. The molecule has 2 aromatic rings. The van der Waals surface area contributed by atoms with Gasteiger partial charge in [-0.15, -0.1) is 0 Å². The van der Waals surface area contributed by atoms with Gasteiger partial charge in [0.15, 0.2) is 21.3 Å². The van der Waals surface area contributed by atoms with Crippen molar-refractivity contribution in [2.24, 2.45) is 0 Å². The fourth-order valence-electron chi connectivity index (χ4n) is 2.64. The Bertz CT molecular complexity index is 911. The van der Waals surface area contributed by atoms with Crippen LogP contribution in [0.25, 0.3) is 0 Å². The van der Waals surface area contributed by atoms with E-state index in [1.807, 2.05) is 20.8 Å². The zero-order valence-corrected chi connectivity index (χ0v) is 18.0. The Morgan fingerprint density at radius 3 is 1.83 bits per heavy atom. The Hall–Kier alpha value is -2.74. The smallest absolute Gasteiger partial charge is 0.255 e. The van der Waals surface area contributed by atoms with Gasteiger partial charge in [-0.05, 0) is 57.2 Å². The summed E-state index contributed by atoms with van der Waals surface area (Å²) in [5.74, 6) is 0.957. The van der Waals surface area contributed by atoms with Crippen molar-refractivity contribution >= 4 is 21.4 Å². The molecule has 0 aliphatic heterocycles. The molecule has 0 bridgehead atoms. The molecule has 0 aliphatic carbocycles. The second-order valence-electron chi connectivity index (χ2n) is 5.98. The second kappa shape index (κ2) is 10.2. The summed E-state index contributed by atoms with van der Waals surface area (Å²) >= 11 is 0. The maximum Gasteiger partial charge on any atom is 0.255 e. The van der Waals surface area contributed by atoms with Crippen LogP contribution in [-0.4, -0.2) is 39.9 Å². The number of sulfone groups is 1. The summed E-state index contributed by atoms with van der Waals surface area (Å²) in [6.45, 7) is 8.37. The lowest BCUT2D eigenvalue weighted by Crippen LogP contribution is -2.13. The Kier molecular flexibility index (Phi) is 7.90. The molecule has 2 aromatic carbocycles. The number of carbonyl (C=O) groups excluding carboxylic acids is 1. The normalized spacial score (nSPS) is 11.0. The summed E-state index contributed by atoms with van der Waals surface area (Å²) in [6.07, 6.45) is 0. The quantitative estimate of drug-likeness (QED) is 0.625. The number of benzene rings is 2. The van der Waals surface area contributed by atoms with Crippen LogP contribution in [0.15, 0.2) is 41.3 Å². The molecule has 0 fully saturated rings. The van der Waals surface area contributed by atoms with Gasteiger partial charge in [0.05, 0.1) is 30.5 Å². The van der Waals surface area contributed by atoms with E-state index < -0.39 is 9.84 Å². The van der Waals surface area contributed by atoms with Crippen molar-refractivity contribution in [1.29, 1.82) is 0 Å². The fourth-order valence-corrected chi connectivity index (χ4v) is 3.52. The van der Waals surface area contributed by atoms with E-state index in [9.17, 15) is 13.2 Å². The molecule has 0 radical (unpaired) electrons. The van der Waals surface area contributed by atoms with Gasteiger partial charge in [-0.2, -0.15) is 0 Å². The number of amides is 1. The lowest BCUT2D eigenvalue weighted by molar-refractivity contribution is 0.102. The predicted octanol–water partition coefficient (Wildman–Crippen LogP) is 3.93. The number of carbonyl (C=O) groups is 1. The highest BCUT2D eigenvalue weighted by Gasteiger charge is 2.19. The van der Waals surface area contributed by atoms with E-state index in [0.717, 1.165) is 0 Å². The van der Waals surface area contributed by atoms with Crippen LogP contribution in [-0.2, 0) is 9.84 Å². The monoisotopic (exact) mass is 421 g/mol. The molecule has 158 valence electrons. The molecule has 0 unspecified atom stereocenters. The Balaban J connectivity index is 2.32. The number of hydrogen-bond donors (Lipinski definition) is 1. The van der Waals surface area contributed by atoms with Gasteiger partial charge in [-0.25, -0.2) is 8.42 Å². The number of hydrogen-bond acceptors (Lipinski definition) is 6. The van der Waals surface area contributed by atoms with Gasteiger partial charge in [-0.1, -0.05) is 6.92 Å². The van der Waals surface area contributed by atoms with Gasteiger partial charge >= 0.3 is 0 Å². The second-order valence-corrected chi connectivity index (χ2v) is 8.26. The maximum absolute atomic E-state index is 12.8. The van der Waals surface area contributed by atoms with E-state index in [1.54, 1.807) is 31.2 Å². The molecular weight excluding hydrogens is 394 g/mol. The first-order chi connectivity index (χ1) is 13.9. The molecule has 1 amide bonds. The van der Waals surface area contributed by atoms with Gasteiger partial charge in [-0.3, -0.25) is 4.79 Å². The van der Waals surface area contributed by atoms with Crippen molar-refractivity contribution in [3.05, 3.63) is 42.0 Å². The minimum Gasteiger partial charge on any atom is -0.490 e. The molecule has 0 spiro atoms. The predicted molar refractivity (Wildman–Crippen MR) is 112 cm³/mol. The molecule has 0 saturated carbocycles. The molecule has 29 heavy (non-hydrogen) atoms. The van der Waals surface area contributed by atoms with Crippen molar-refractivity contribution < 1.29 is 27.4 Å². The highest BCUT2D eigenvalue weighted by Crippen LogP contribution is 2.39. The van der Waals surface area contributed by atoms with E-state index in [2.05, 4.69) is 5.32 Å². The van der Waals surface area contributed by atoms with Gasteiger partial charge in [0, 0.05) is 11.3 Å². The Morgan fingerprint density at radius 1 is 0.862 bits per heavy atom. The van der Waals surface area contributed by atoms with Crippen LogP contribution in [0.4, 0.5) is 5.69 Å². The topological polar surface area (TPSA) is 90.9 Å². The van der Waals surface area contributed by atoms with Gasteiger partial charge < -0.3 is 19.5 Å². The first kappa shape index (κ1) is 22.5. The van der Waals surface area contributed by atoms with E-state index in [4.69, 9.17) is 14.2 Å². The molecule has 0 heterocycles. The first-order valence-corrected chi connectivity index (χ1v) is 11.2. The Morgan fingerprint density at radius 2 is 1.38 bits per heavy atom. The third kappa shape index (κ3) is 5.63. The number of anilines is 1. The molecule has 0 saturated heterocycles. The van der Waals surface area contributed by atoms with Crippen LogP contribution >= 0.6 is 0 Å². The lowest BCUT2D eigenvalue weighted by Gasteiger charge is -2.17. The molecule has 1 N–H and O–H groups in total. The lowest BCUT2D eigenvalue weighted by atomic mass is 10.1. The number of nitrogens with one attached hydrogen (secondary N) is 1.